The van der Waals surface area contributed by atoms with Crippen molar-refractivity contribution < 1.29 is 31.0 Å². The van der Waals surface area contributed by atoms with Crippen molar-refractivity contribution >= 4 is 19.9 Å². The van der Waals surface area contributed by atoms with Gasteiger partial charge in [-0.2, -0.15) is 4.31 Å². The van der Waals surface area contributed by atoms with E-state index in [0.717, 1.165) is 12.8 Å². The number of rotatable bonds is 7. The molecule has 152 valence electrons. The quantitative estimate of drug-likeness (QED) is 0.652. The molecule has 0 N–H and O–H groups in total. The van der Waals surface area contributed by atoms with Crippen LogP contribution >= 0.6 is 0 Å². The summed E-state index contributed by atoms with van der Waals surface area (Å²) in [5.74, 6) is 0.458. The van der Waals surface area contributed by atoms with E-state index in [9.17, 15) is 16.8 Å². The summed E-state index contributed by atoms with van der Waals surface area (Å²) in [5, 5.41) is 0. The monoisotopic (exact) mass is 419 g/mol. The SMILES string of the molecule is COc1ccc(S(=O)(=O)N(C[C@H]2CCCO2)[C@H]2CCS(=O)(=O)C2)c(OC)c1. The van der Waals surface area contributed by atoms with Crippen LogP contribution in [-0.4, -0.2) is 72.2 Å². The van der Waals surface area contributed by atoms with Gasteiger partial charge in [0.2, 0.25) is 10.0 Å². The second-order valence-corrected chi connectivity index (χ2v) is 10.9. The Bertz CT molecular complexity index is 877. The summed E-state index contributed by atoms with van der Waals surface area (Å²) >= 11 is 0. The first-order valence-corrected chi connectivity index (χ1v) is 12.1. The van der Waals surface area contributed by atoms with Crippen LogP contribution < -0.4 is 9.47 Å². The summed E-state index contributed by atoms with van der Waals surface area (Å²) in [6, 6.07) is 3.88. The summed E-state index contributed by atoms with van der Waals surface area (Å²) in [4.78, 5) is -0.00639. The number of benzene rings is 1. The Hall–Kier alpha value is -1.36. The van der Waals surface area contributed by atoms with Gasteiger partial charge in [-0.15, -0.1) is 0 Å². The van der Waals surface area contributed by atoms with E-state index in [4.69, 9.17) is 14.2 Å². The Labute approximate surface area is 160 Å². The minimum Gasteiger partial charge on any atom is -0.497 e. The molecule has 2 aliphatic rings. The normalized spacial score (nSPS) is 25.0. The van der Waals surface area contributed by atoms with Crippen LogP contribution in [0.25, 0.3) is 0 Å². The Morgan fingerprint density at radius 1 is 1.22 bits per heavy atom. The van der Waals surface area contributed by atoms with E-state index < -0.39 is 25.9 Å². The second kappa shape index (κ2) is 7.94. The lowest BCUT2D eigenvalue weighted by Gasteiger charge is -2.30. The Kier molecular flexibility index (Phi) is 5.99. The molecular formula is C17H25NO7S2. The Morgan fingerprint density at radius 2 is 2.00 bits per heavy atom. The van der Waals surface area contributed by atoms with E-state index >= 15 is 0 Å². The molecule has 0 aromatic heterocycles. The van der Waals surface area contributed by atoms with Gasteiger partial charge in [0.25, 0.3) is 0 Å². The molecule has 0 amide bonds. The predicted molar refractivity (Wildman–Crippen MR) is 99.5 cm³/mol. The highest BCUT2D eigenvalue weighted by Crippen LogP contribution is 2.34. The number of methoxy groups -OCH3 is 2. The summed E-state index contributed by atoms with van der Waals surface area (Å²) in [5.41, 5.74) is 0. The molecule has 0 bridgehead atoms. The molecule has 0 spiro atoms. The average Bonchev–Trinajstić information content (AvgIpc) is 3.27. The van der Waals surface area contributed by atoms with Gasteiger partial charge in [0.1, 0.15) is 16.4 Å². The van der Waals surface area contributed by atoms with Gasteiger partial charge in [0, 0.05) is 25.3 Å². The number of hydrogen-bond donors (Lipinski definition) is 0. The van der Waals surface area contributed by atoms with E-state index in [1.54, 1.807) is 6.07 Å². The minimum absolute atomic E-state index is 0.00500. The summed E-state index contributed by atoms with van der Waals surface area (Å²) in [7, 11) is -4.35. The number of sulfone groups is 1. The summed E-state index contributed by atoms with van der Waals surface area (Å²) < 4.78 is 68.1. The fraction of sp³-hybridized carbons (Fsp3) is 0.647. The van der Waals surface area contributed by atoms with Gasteiger partial charge in [-0.05, 0) is 31.4 Å². The van der Waals surface area contributed by atoms with Crippen molar-refractivity contribution in [2.24, 2.45) is 0 Å². The first-order valence-electron chi connectivity index (χ1n) is 8.83. The van der Waals surface area contributed by atoms with Crippen molar-refractivity contribution in [2.45, 2.75) is 36.3 Å². The van der Waals surface area contributed by atoms with Gasteiger partial charge < -0.3 is 14.2 Å². The largest absolute Gasteiger partial charge is 0.497 e. The zero-order valence-corrected chi connectivity index (χ0v) is 17.1. The van der Waals surface area contributed by atoms with E-state index in [-0.39, 0.29) is 41.2 Å². The van der Waals surface area contributed by atoms with E-state index in [1.165, 1.54) is 30.7 Å². The van der Waals surface area contributed by atoms with Crippen molar-refractivity contribution in [3.8, 4) is 11.5 Å². The molecule has 2 saturated heterocycles. The molecule has 2 atom stereocenters. The van der Waals surface area contributed by atoms with E-state index in [0.29, 0.717) is 12.4 Å². The topological polar surface area (TPSA) is 99.2 Å². The zero-order valence-electron chi connectivity index (χ0n) is 15.5. The van der Waals surface area contributed by atoms with Crippen LogP contribution in [0.3, 0.4) is 0 Å². The molecule has 10 heteroatoms. The number of nitrogens with zero attached hydrogens (tertiary/aromatic N) is 1. The summed E-state index contributed by atoms with van der Waals surface area (Å²) in [6.45, 7) is 0.727. The second-order valence-electron chi connectivity index (χ2n) is 6.78. The number of sulfonamides is 1. The molecule has 0 aliphatic carbocycles. The Balaban J connectivity index is 1.99. The van der Waals surface area contributed by atoms with Gasteiger partial charge in [0.15, 0.2) is 9.84 Å². The maximum Gasteiger partial charge on any atom is 0.247 e. The molecule has 27 heavy (non-hydrogen) atoms. The number of hydrogen-bond acceptors (Lipinski definition) is 7. The van der Waals surface area contributed by atoms with Crippen molar-refractivity contribution in [1.29, 1.82) is 0 Å². The molecule has 1 aromatic carbocycles. The molecule has 0 unspecified atom stereocenters. The predicted octanol–water partition coefficient (Wildman–Crippen LogP) is 1.06. The fourth-order valence-electron chi connectivity index (χ4n) is 3.55. The van der Waals surface area contributed by atoms with Crippen molar-refractivity contribution in [1.82, 2.24) is 4.31 Å². The maximum atomic E-state index is 13.5. The molecule has 3 rings (SSSR count). The van der Waals surface area contributed by atoms with Crippen LogP contribution in [0.1, 0.15) is 19.3 Å². The highest BCUT2D eigenvalue weighted by atomic mass is 32.2. The van der Waals surface area contributed by atoms with Crippen molar-refractivity contribution in [3.05, 3.63) is 18.2 Å². The van der Waals surface area contributed by atoms with Crippen molar-refractivity contribution in [3.63, 3.8) is 0 Å². The smallest absolute Gasteiger partial charge is 0.247 e. The lowest BCUT2D eigenvalue weighted by molar-refractivity contribution is 0.0876. The molecule has 0 saturated carbocycles. The molecule has 2 heterocycles. The highest BCUT2D eigenvalue weighted by Gasteiger charge is 2.41. The maximum absolute atomic E-state index is 13.5. The van der Waals surface area contributed by atoms with Crippen molar-refractivity contribution in [2.75, 3.05) is 38.9 Å². The van der Waals surface area contributed by atoms with E-state index in [1.807, 2.05) is 0 Å². The third kappa shape index (κ3) is 4.39. The lowest BCUT2D eigenvalue weighted by atomic mass is 10.2. The van der Waals surface area contributed by atoms with Crippen LogP contribution in [0.2, 0.25) is 0 Å². The van der Waals surface area contributed by atoms with Gasteiger partial charge in [0.05, 0.1) is 31.8 Å². The third-order valence-corrected chi connectivity index (χ3v) is 8.69. The standard InChI is InChI=1S/C17H25NO7S2/c1-23-14-5-6-17(16(10-14)24-2)27(21,22)18(11-15-4-3-8-25-15)13-7-9-26(19,20)12-13/h5-6,10,13,15H,3-4,7-9,11-12H2,1-2H3/t13-,15+/m0/s1. The van der Waals surface area contributed by atoms with Gasteiger partial charge in [-0.25, -0.2) is 16.8 Å². The number of ether oxygens (including phenoxy) is 3. The first-order chi connectivity index (χ1) is 12.8. The average molecular weight is 420 g/mol. The van der Waals surface area contributed by atoms with Gasteiger partial charge in [-0.3, -0.25) is 0 Å². The van der Waals surface area contributed by atoms with Crippen LogP contribution in [-0.2, 0) is 24.6 Å². The molecule has 1 aromatic rings. The van der Waals surface area contributed by atoms with Crippen LogP contribution in [0, 0.1) is 0 Å². The van der Waals surface area contributed by atoms with Gasteiger partial charge >= 0.3 is 0 Å². The molecule has 0 radical (unpaired) electrons. The molecule has 2 fully saturated rings. The van der Waals surface area contributed by atoms with Crippen LogP contribution in [0.5, 0.6) is 11.5 Å². The highest BCUT2D eigenvalue weighted by molar-refractivity contribution is 7.92. The van der Waals surface area contributed by atoms with E-state index in [2.05, 4.69) is 0 Å². The van der Waals surface area contributed by atoms with Crippen LogP contribution in [0.4, 0.5) is 0 Å². The first kappa shape index (κ1) is 20.4. The zero-order chi connectivity index (χ0) is 19.7. The fourth-order valence-corrected chi connectivity index (χ4v) is 7.20. The third-order valence-electron chi connectivity index (χ3n) is 4.98. The van der Waals surface area contributed by atoms with Gasteiger partial charge in [-0.1, -0.05) is 0 Å². The molecule has 8 nitrogen and oxygen atoms in total. The lowest BCUT2D eigenvalue weighted by Crippen LogP contribution is -2.45. The molecular weight excluding hydrogens is 394 g/mol. The molecule has 2 aliphatic heterocycles. The van der Waals surface area contributed by atoms with Crippen LogP contribution in [0.15, 0.2) is 23.1 Å². The summed E-state index contributed by atoms with van der Waals surface area (Å²) in [6.07, 6.45) is 1.68. The Morgan fingerprint density at radius 3 is 2.56 bits per heavy atom. The minimum atomic E-state index is -3.98.